The average Bonchev–Trinajstić information content (AvgIpc) is 1.88. The lowest BCUT2D eigenvalue weighted by atomic mass is 10.1. The number of carboxylic acids is 1. The fourth-order valence-electron chi connectivity index (χ4n) is 0.632. The van der Waals surface area contributed by atoms with E-state index in [0.717, 1.165) is 12.8 Å². The van der Waals surface area contributed by atoms with Crippen LogP contribution >= 0.6 is 0 Å². The number of carboxylic acid groups (broad SMARTS) is 1. The summed E-state index contributed by atoms with van der Waals surface area (Å²) in [5.74, 6) is -0.933. The molecule has 0 aromatic rings. The predicted octanol–water partition coefficient (Wildman–Crippen LogP) is -0.168. The summed E-state index contributed by atoms with van der Waals surface area (Å²) in [7, 11) is 0. The molecular weight excluding hydrogens is 170 g/mol. The van der Waals surface area contributed by atoms with Crippen molar-refractivity contribution in [2.75, 3.05) is 6.54 Å². The number of aliphatic carboxylic acids is 1. The third-order valence-corrected chi connectivity index (χ3v) is 1.29. The molecule has 4 nitrogen and oxygen atoms in total. The molecule has 12 heavy (non-hydrogen) atoms. The minimum atomic E-state index is -0.933. The third kappa shape index (κ3) is 9.25. The van der Waals surface area contributed by atoms with Crippen LogP contribution < -0.4 is 11.5 Å². The molecule has 76 valence electrons. The van der Waals surface area contributed by atoms with Crippen LogP contribution in [-0.2, 0) is 4.79 Å². The van der Waals surface area contributed by atoms with Crippen LogP contribution in [0.3, 0.4) is 0 Å². The summed E-state index contributed by atoms with van der Waals surface area (Å²) in [6.07, 6.45) is 2.16. The molecule has 0 unspecified atom stereocenters. The summed E-state index contributed by atoms with van der Waals surface area (Å²) >= 11 is 0. The maximum absolute atomic E-state index is 10.1. The lowest BCUT2D eigenvalue weighted by molar-refractivity contribution is -0.138. The van der Waals surface area contributed by atoms with E-state index in [1.54, 1.807) is 0 Å². The zero-order valence-corrected chi connectivity index (χ0v) is 6.73. The molecule has 0 fully saturated rings. The van der Waals surface area contributed by atoms with Crippen LogP contribution in [0.5, 0.6) is 0 Å². The third-order valence-electron chi connectivity index (χ3n) is 1.29. The van der Waals surface area contributed by atoms with Crippen molar-refractivity contribution in [1.29, 1.82) is 0 Å². The maximum Gasteiger partial charge on any atom is 0.320 e. The Morgan fingerprint density at radius 2 is 1.83 bits per heavy atom. The summed E-state index contributed by atoms with van der Waals surface area (Å²) in [4.78, 5) is 10.1. The SMILES string of the molecule is F.F.NCCCC[C@H](N)C(=O)O. The van der Waals surface area contributed by atoms with Crippen LogP contribution in [-0.4, -0.2) is 23.7 Å². The molecule has 0 spiro atoms. The van der Waals surface area contributed by atoms with Gasteiger partial charge in [-0.25, -0.2) is 0 Å². The summed E-state index contributed by atoms with van der Waals surface area (Å²) in [5.41, 5.74) is 10.4. The van der Waals surface area contributed by atoms with Crippen molar-refractivity contribution < 1.29 is 19.3 Å². The lowest BCUT2D eigenvalue weighted by Gasteiger charge is -2.03. The van der Waals surface area contributed by atoms with Gasteiger partial charge in [-0.1, -0.05) is 6.42 Å². The number of carbonyl (C=O) groups is 1. The van der Waals surface area contributed by atoms with E-state index in [-0.39, 0.29) is 9.41 Å². The Morgan fingerprint density at radius 1 is 1.33 bits per heavy atom. The number of unbranched alkanes of at least 4 members (excludes halogenated alkanes) is 1. The van der Waals surface area contributed by atoms with E-state index in [9.17, 15) is 4.79 Å². The smallest absolute Gasteiger partial charge is 0.320 e. The highest BCUT2D eigenvalue weighted by atomic mass is 19.0. The standard InChI is InChI=1S/C6H14N2O2.2FH/c7-4-2-1-3-5(8)6(9)10;;/h5H,1-4,7-8H2,(H,9,10);2*1H/t5-;;/m0../s1. The van der Waals surface area contributed by atoms with E-state index in [4.69, 9.17) is 16.6 Å². The second-order valence-corrected chi connectivity index (χ2v) is 2.23. The highest BCUT2D eigenvalue weighted by molar-refractivity contribution is 5.72. The first-order valence-corrected chi connectivity index (χ1v) is 3.37. The van der Waals surface area contributed by atoms with Gasteiger partial charge in [-0.3, -0.25) is 14.2 Å². The van der Waals surface area contributed by atoms with Gasteiger partial charge in [0.15, 0.2) is 0 Å². The molecule has 0 aromatic carbocycles. The van der Waals surface area contributed by atoms with Crippen LogP contribution in [0.25, 0.3) is 0 Å². The van der Waals surface area contributed by atoms with Gasteiger partial charge in [0.2, 0.25) is 0 Å². The molecule has 5 N–H and O–H groups in total. The van der Waals surface area contributed by atoms with E-state index in [1.165, 1.54) is 0 Å². The molecule has 0 aliphatic carbocycles. The zero-order valence-electron chi connectivity index (χ0n) is 6.73. The van der Waals surface area contributed by atoms with Crippen molar-refractivity contribution in [2.24, 2.45) is 11.5 Å². The Morgan fingerprint density at radius 3 is 2.17 bits per heavy atom. The first-order chi connectivity index (χ1) is 4.68. The molecule has 0 radical (unpaired) electrons. The van der Waals surface area contributed by atoms with Crippen LogP contribution in [0, 0.1) is 0 Å². The van der Waals surface area contributed by atoms with Gasteiger partial charge < -0.3 is 16.6 Å². The van der Waals surface area contributed by atoms with Gasteiger partial charge in [0.1, 0.15) is 6.04 Å². The van der Waals surface area contributed by atoms with Gasteiger partial charge in [-0.05, 0) is 19.4 Å². The quantitative estimate of drug-likeness (QED) is 0.520. The summed E-state index contributed by atoms with van der Waals surface area (Å²) in [6, 6.07) is -0.716. The van der Waals surface area contributed by atoms with Crippen molar-refractivity contribution in [2.45, 2.75) is 25.3 Å². The molecule has 6 heteroatoms. The Hall–Kier alpha value is -0.750. The summed E-state index contributed by atoms with van der Waals surface area (Å²) < 4.78 is 0. The van der Waals surface area contributed by atoms with Crippen LogP contribution in [0.1, 0.15) is 19.3 Å². The predicted molar refractivity (Wildman–Crippen MR) is 43.5 cm³/mol. The fraction of sp³-hybridized carbons (Fsp3) is 0.833. The van der Waals surface area contributed by atoms with Gasteiger partial charge in [0.25, 0.3) is 0 Å². The van der Waals surface area contributed by atoms with E-state index in [2.05, 4.69) is 0 Å². The molecule has 0 amide bonds. The minimum absolute atomic E-state index is 0. The van der Waals surface area contributed by atoms with E-state index in [0.29, 0.717) is 13.0 Å². The van der Waals surface area contributed by atoms with Crippen molar-refractivity contribution in [3.63, 3.8) is 0 Å². The molecule has 0 bridgehead atoms. The largest absolute Gasteiger partial charge is 0.480 e. The topological polar surface area (TPSA) is 89.3 Å². The molecule has 1 atom stereocenters. The molecule has 0 aliphatic heterocycles. The highest BCUT2D eigenvalue weighted by Gasteiger charge is 2.09. The number of hydrogen-bond acceptors (Lipinski definition) is 3. The lowest BCUT2D eigenvalue weighted by Crippen LogP contribution is -2.29. The summed E-state index contributed by atoms with van der Waals surface area (Å²) in [5, 5.41) is 8.33. The maximum atomic E-state index is 10.1. The summed E-state index contributed by atoms with van der Waals surface area (Å²) in [6.45, 7) is 0.604. The van der Waals surface area contributed by atoms with Gasteiger partial charge in [-0.15, -0.1) is 0 Å². The van der Waals surface area contributed by atoms with Gasteiger partial charge >= 0.3 is 5.97 Å². The normalized spacial score (nSPS) is 10.8. The fourth-order valence-corrected chi connectivity index (χ4v) is 0.632. The second kappa shape index (κ2) is 10.2. The van der Waals surface area contributed by atoms with Crippen molar-refractivity contribution in [3.8, 4) is 0 Å². The zero-order chi connectivity index (χ0) is 7.98. The number of rotatable bonds is 5. The van der Waals surface area contributed by atoms with Crippen molar-refractivity contribution in [3.05, 3.63) is 0 Å². The number of hydrogen-bond donors (Lipinski definition) is 3. The number of nitrogens with two attached hydrogens (primary N) is 2. The Balaban J connectivity index is -0.000000405. The molecule has 0 saturated carbocycles. The van der Waals surface area contributed by atoms with Crippen molar-refractivity contribution in [1.82, 2.24) is 0 Å². The minimum Gasteiger partial charge on any atom is -0.480 e. The van der Waals surface area contributed by atoms with Gasteiger partial charge in [0.05, 0.1) is 0 Å². The van der Waals surface area contributed by atoms with Crippen LogP contribution in [0.15, 0.2) is 0 Å². The van der Waals surface area contributed by atoms with E-state index in [1.807, 2.05) is 0 Å². The Labute approximate surface area is 69.7 Å². The first kappa shape index (κ1) is 17.4. The molecule has 0 rings (SSSR count). The average molecular weight is 186 g/mol. The van der Waals surface area contributed by atoms with Crippen LogP contribution in [0.4, 0.5) is 9.41 Å². The van der Waals surface area contributed by atoms with Crippen molar-refractivity contribution >= 4 is 5.97 Å². The Bertz CT molecular complexity index is 114. The molecular formula is C6H16F2N2O2. The monoisotopic (exact) mass is 186 g/mol. The molecule has 0 saturated heterocycles. The Kier molecular flexibility index (Phi) is 14.8. The van der Waals surface area contributed by atoms with Gasteiger partial charge in [-0.2, -0.15) is 0 Å². The molecule has 0 aliphatic rings. The van der Waals surface area contributed by atoms with E-state index < -0.39 is 12.0 Å². The first-order valence-electron chi connectivity index (χ1n) is 3.37. The second-order valence-electron chi connectivity index (χ2n) is 2.23. The molecule has 0 aromatic heterocycles. The van der Waals surface area contributed by atoms with Gasteiger partial charge in [0, 0.05) is 0 Å². The number of halogens is 2. The van der Waals surface area contributed by atoms with E-state index >= 15 is 0 Å². The highest BCUT2D eigenvalue weighted by Crippen LogP contribution is 1.96. The van der Waals surface area contributed by atoms with Crippen LogP contribution in [0.2, 0.25) is 0 Å². The molecule has 0 heterocycles.